The third-order valence-electron chi connectivity index (χ3n) is 3.49. The Morgan fingerprint density at radius 2 is 1.83 bits per heavy atom. The van der Waals surface area contributed by atoms with Gasteiger partial charge >= 0.3 is 0 Å². The summed E-state index contributed by atoms with van der Waals surface area (Å²) >= 11 is 0. The Bertz CT molecular complexity index is 299. The summed E-state index contributed by atoms with van der Waals surface area (Å²) in [5.74, 6) is 7.28. The van der Waals surface area contributed by atoms with E-state index in [9.17, 15) is 0 Å². The summed E-state index contributed by atoms with van der Waals surface area (Å²) in [7, 11) is 0. The summed E-state index contributed by atoms with van der Waals surface area (Å²) < 4.78 is 5.69. The van der Waals surface area contributed by atoms with Gasteiger partial charge in [-0.2, -0.15) is 0 Å². The summed E-state index contributed by atoms with van der Waals surface area (Å²) in [5.41, 5.74) is 2.91. The summed E-state index contributed by atoms with van der Waals surface area (Å²) in [4.78, 5) is 0. The topological polar surface area (TPSA) is 47.3 Å². The SMILES string of the molecule is CCC(CC)CC(CCOc1ccccc1)NN. The molecule has 1 aromatic carbocycles. The second-order valence-corrected chi connectivity index (χ2v) is 4.73. The van der Waals surface area contributed by atoms with Gasteiger partial charge in [-0.05, 0) is 30.9 Å². The van der Waals surface area contributed by atoms with Gasteiger partial charge in [0, 0.05) is 6.04 Å². The Labute approximate surface area is 111 Å². The molecule has 0 aromatic heterocycles. The maximum atomic E-state index is 5.69. The van der Waals surface area contributed by atoms with Gasteiger partial charge in [0.1, 0.15) is 5.75 Å². The zero-order chi connectivity index (χ0) is 13.2. The maximum absolute atomic E-state index is 5.69. The Balaban J connectivity index is 2.27. The Morgan fingerprint density at radius 3 is 2.39 bits per heavy atom. The maximum Gasteiger partial charge on any atom is 0.119 e. The van der Waals surface area contributed by atoms with Crippen LogP contribution in [-0.4, -0.2) is 12.6 Å². The Kier molecular flexibility index (Phi) is 7.46. The van der Waals surface area contributed by atoms with Crippen molar-refractivity contribution in [1.29, 1.82) is 0 Å². The van der Waals surface area contributed by atoms with E-state index in [1.54, 1.807) is 0 Å². The van der Waals surface area contributed by atoms with Gasteiger partial charge in [-0.3, -0.25) is 11.3 Å². The standard InChI is InChI=1S/C15H26N2O/c1-3-13(4-2)12-14(17-16)10-11-18-15-8-6-5-7-9-15/h5-9,13-14,17H,3-4,10-12,16H2,1-2H3. The molecule has 3 nitrogen and oxygen atoms in total. The molecule has 0 fully saturated rings. The number of nitrogens with two attached hydrogens (primary N) is 1. The van der Waals surface area contributed by atoms with Crippen molar-refractivity contribution in [3.8, 4) is 5.75 Å². The fraction of sp³-hybridized carbons (Fsp3) is 0.600. The van der Waals surface area contributed by atoms with Crippen LogP contribution in [0.25, 0.3) is 0 Å². The second-order valence-electron chi connectivity index (χ2n) is 4.73. The molecule has 0 spiro atoms. The molecule has 0 amide bonds. The van der Waals surface area contributed by atoms with Crippen molar-refractivity contribution in [3.05, 3.63) is 30.3 Å². The van der Waals surface area contributed by atoms with E-state index in [1.807, 2.05) is 30.3 Å². The van der Waals surface area contributed by atoms with Gasteiger partial charge in [-0.1, -0.05) is 44.9 Å². The van der Waals surface area contributed by atoms with E-state index in [-0.39, 0.29) is 0 Å². The molecule has 3 N–H and O–H groups in total. The van der Waals surface area contributed by atoms with E-state index in [4.69, 9.17) is 10.6 Å². The highest BCUT2D eigenvalue weighted by Crippen LogP contribution is 2.17. The average molecular weight is 250 g/mol. The molecule has 0 saturated carbocycles. The van der Waals surface area contributed by atoms with Gasteiger partial charge in [-0.25, -0.2) is 0 Å². The summed E-state index contributed by atoms with van der Waals surface area (Å²) in [6.45, 7) is 5.18. The highest BCUT2D eigenvalue weighted by Gasteiger charge is 2.12. The molecule has 1 aromatic rings. The van der Waals surface area contributed by atoms with E-state index in [0.717, 1.165) is 24.5 Å². The van der Waals surface area contributed by atoms with Crippen molar-refractivity contribution in [2.24, 2.45) is 11.8 Å². The van der Waals surface area contributed by atoms with E-state index >= 15 is 0 Å². The quantitative estimate of drug-likeness (QED) is 0.523. The number of ether oxygens (including phenoxy) is 1. The highest BCUT2D eigenvalue weighted by molar-refractivity contribution is 5.20. The van der Waals surface area contributed by atoms with Gasteiger partial charge in [0.25, 0.3) is 0 Å². The number of rotatable bonds is 9. The van der Waals surface area contributed by atoms with Crippen LogP contribution >= 0.6 is 0 Å². The smallest absolute Gasteiger partial charge is 0.119 e. The zero-order valence-corrected chi connectivity index (χ0v) is 11.6. The number of nitrogens with one attached hydrogen (secondary N) is 1. The van der Waals surface area contributed by atoms with Crippen molar-refractivity contribution >= 4 is 0 Å². The van der Waals surface area contributed by atoms with Crippen molar-refractivity contribution in [2.75, 3.05) is 6.61 Å². The first-order chi connectivity index (χ1) is 8.80. The van der Waals surface area contributed by atoms with E-state index in [0.29, 0.717) is 12.6 Å². The number of hydrogen-bond donors (Lipinski definition) is 2. The first-order valence-corrected chi connectivity index (χ1v) is 6.94. The van der Waals surface area contributed by atoms with Crippen LogP contribution in [0.3, 0.4) is 0 Å². The van der Waals surface area contributed by atoms with Crippen molar-refractivity contribution < 1.29 is 4.74 Å². The van der Waals surface area contributed by atoms with E-state index in [2.05, 4.69) is 19.3 Å². The first kappa shape index (κ1) is 15.0. The van der Waals surface area contributed by atoms with Gasteiger partial charge in [0.2, 0.25) is 0 Å². The number of para-hydroxylation sites is 1. The molecule has 0 saturated heterocycles. The average Bonchev–Trinajstić information content (AvgIpc) is 2.44. The number of hydrogen-bond acceptors (Lipinski definition) is 3. The minimum Gasteiger partial charge on any atom is -0.494 e. The molecule has 1 rings (SSSR count). The number of benzene rings is 1. The number of hydrazine groups is 1. The van der Waals surface area contributed by atoms with E-state index in [1.165, 1.54) is 12.8 Å². The molecule has 1 atom stereocenters. The largest absolute Gasteiger partial charge is 0.494 e. The van der Waals surface area contributed by atoms with Crippen LogP contribution in [0, 0.1) is 5.92 Å². The second kappa shape index (κ2) is 8.95. The molecular formula is C15H26N2O. The molecule has 1 unspecified atom stereocenters. The predicted molar refractivity (Wildman–Crippen MR) is 76.4 cm³/mol. The monoisotopic (exact) mass is 250 g/mol. The lowest BCUT2D eigenvalue weighted by molar-refractivity contribution is 0.264. The van der Waals surface area contributed by atoms with Gasteiger partial charge in [-0.15, -0.1) is 0 Å². The van der Waals surface area contributed by atoms with Gasteiger partial charge in [0.05, 0.1) is 6.61 Å². The van der Waals surface area contributed by atoms with Crippen molar-refractivity contribution in [1.82, 2.24) is 5.43 Å². The fourth-order valence-corrected chi connectivity index (χ4v) is 2.13. The van der Waals surface area contributed by atoms with E-state index < -0.39 is 0 Å². The molecular weight excluding hydrogens is 224 g/mol. The van der Waals surface area contributed by atoms with Crippen molar-refractivity contribution in [3.63, 3.8) is 0 Å². The van der Waals surface area contributed by atoms with Gasteiger partial charge < -0.3 is 4.74 Å². The van der Waals surface area contributed by atoms with Crippen LogP contribution in [0.2, 0.25) is 0 Å². The minimum absolute atomic E-state index is 0.346. The summed E-state index contributed by atoms with van der Waals surface area (Å²) in [6.07, 6.45) is 4.51. The highest BCUT2D eigenvalue weighted by atomic mass is 16.5. The Morgan fingerprint density at radius 1 is 1.17 bits per heavy atom. The molecule has 0 aliphatic heterocycles. The predicted octanol–water partition coefficient (Wildman–Crippen LogP) is 3.11. The molecule has 0 bridgehead atoms. The zero-order valence-electron chi connectivity index (χ0n) is 11.6. The van der Waals surface area contributed by atoms with Crippen LogP contribution in [0.4, 0.5) is 0 Å². The molecule has 18 heavy (non-hydrogen) atoms. The molecule has 0 radical (unpaired) electrons. The first-order valence-electron chi connectivity index (χ1n) is 6.94. The third kappa shape index (κ3) is 5.52. The lowest BCUT2D eigenvalue weighted by Crippen LogP contribution is -2.37. The summed E-state index contributed by atoms with van der Waals surface area (Å²) in [6, 6.07) is 10.3. The lowest BCUT2D eigenvalue weighted by atomic mass is 9.94. The van der Waals surface area contributed by atoms with Crippen LogP contribution in [0.5, 0.6) is 5.75 Å². The molecule has 3 heteroatoms. The molecule has 0 aliphatic carbocycles. The third-order valence-corrected chi connectivity index (χ3v) is 3.49. The molecule has 102 valence electrons. The van der Waals surface area contributed by atoms with Gasteiger partial charge in [0.15, 0.2) is 0 Å². The fourth-order valence-electron chi connectivity index (χ4n) is 2.13. The Hall–Kier alpha value is -1.06. The van der Waals surface area contributed by atoms with Crippen LogP contribution in [0.1, 0.15) is 39.5 Å². The minimum atomic E-state index is 0.346. The van der Waals surface area contributed by atoms with Crippen LogP contribution in [0.15, 0.2) is 30.3 Å². The summed E-state index contributed by atoms with van der Waals surface area (Å²) in [5, 5.41) is 0. The molecule has 0 heterocycles. The van der Waals surface area contributed by atoms with Crippen LogP contribution in [-0.2, 0) is 0 Å². The lowest BCUT2D eigenvalue weighted by Gasteiger charge is -2.21. The van der Waals surface area contributed by atoms with Crippen molar-refractivity contribution in [2.45, 2.75) is 45.6 Å². The molecule has 0 aliphatic rings. The normalized spacial score (nSPS) is 12.7. The van der Waals surface area contributed by atoms with Crippen LogP contribution < -0.4 is 16.0 Å².